The van der Waals surface area contributed by atoms with Crippen molar-refractivity contribution in [2.45, 2.75) is 33.2 Å². The molecule has 2 aromatic heterocycles. The van der Waals surface area contributed by atoms with Crippen LogP contribution < -0.4 is 16.6 Å². The Bertz CT molecular complexity index is 757. The summed E-state index contributed by atoms with van der Waals surface area (Å²) in [5.41, 5.74) is -0.596. The highest BCUT2D eigenvalue weighted by atomic mass is 16.2. The monoisotopic (exact) mass is 292 g/mol. The number of carbonyl (C=O) groups excluding carboxylic acids is 1. The van der Waals surface area contributed by atoms with Gasteiger partial charge in [-0.05, 0) is 13.3 Å². The molecule has 0 aliphatic heterocycles. The number of aromatic nitrogens is 5. The Labute approximate surface area is 119 Å². The molecule has 0 atom stereocenters. The van der Waals surface area contributed by atoms with Crippen molar-refractivity contribution in [2.75, 3.05) is 5.32 Å². The summed E-state index contributed by atoms with van der Waals surface area (Å²) in [6, 6.07) is 0. The lowest BCUT2D eigenvalue weighted by atomic mass is 10.1. The first-order valence-corrected chi connectivity index (χ1v) is 6.51. The van der Waals surface area contributed by atoms with Crippen LogP contribution in [0.2, 0.25) is 0 Å². The number of anilines is 1. The third-order valence-electron chi connectivity index (χ3n) is 2.83. The molecular weight excluding hydrogens is 276 g/mol. The van der Waals surface area contributed by atoms with Gasteiger partial charge in [-0.25, -0.2) is 9.78 Å². The molecule has 9 heteroatoms. The van der Waals surface area contributed by atoms with Gasteiger partial charge in [-0.3, -0.25) is 24.6 Å². The Morgan fingerprint density at radius 2 is 2.14 bits per heavy atom. The third-order valence-corrected chi connectivity index (χ3v) is 2.83. The number of hydrogen-bond donors (Lipinski definition) is 3. The fourth-order valence-corrected chi connectivity index (χ4v) is 1.86. The molecular formula is C12H16N6O3. The molecule has 0 aliphatic rings. The van der Waals surface area contributed by atoms with E-state index < -0.39 is 17.2 Å². The van der Waals surface area contributed by atoms with E-state index in [1.807, 2.05) is 6.92 Å². The molecule has 0 spiro atoms. The molecule has 0 aromatic carbocycles. The summed E-state index contributed by atoms with van der Waals surface area (Å²) in [5.74, 6) is -0.239. The summed E-state index contributed by atoms with van der Waals surface area (Å²) in [5, 5.41) is 6.58. The molecule has 2 aromatic rings. The fourth-order valence-electron chi connectivity index (χ4n) is 1.86. The van der Waals surface area contributed by atoms with Crippen molar-refractivity contribution in [2.24, 2.45) is 0 Å². The number of nitrogens with zero attached hydrogens (tertiary/aromatic N) is 3. The molecule has 2 heterocycles. The van der Waals surface area contributed by atoms with E-state index in [4.69, 9.17) is 0 Å². The van der Waals surface area contributed by atoms with Gasteiger partial charge in [-0.1, -0.05) is 6.92 Å². The number of rotatable bonds is 5. The van der Waals surface area contributed by atoms with Gasteiger partial charge in [0, 0.05) is 17.8 Å². The molecule has 21 heavy (non-hydrogen) atoms. The van der Waals surface area contributed by atoms with Gasteiger partial charge in [0.1, 0.15) is 6.33 Å². The lowest BCUT2D eigenvalue weighted by molar-refractivity contribution is -0.115. The Morgan fingerprint density at radius 3 is 2.81 bits per heavy atom. The largest absolute Gasteiger partial charge is 0.325 e. The maximum atomic E-state index is 11.9. The second-order valence-corrected chi connectivity index (χ2v) is 4.57. The summed E-state index contributed by atoms with van der Waals surface area (Å²) in [7, 11) is 0. The van der Waals surface area contributed by atoms with Crippen LogP contribution in [0.5, 0.6) is 0 Å². The van der Waals surface area contributed by atoms with Crippen molar-refractivity contribution in [3.8, 4) is 0 Å². The predicted octanol–water partition coefficient (Wildman–Crippen LogP) is -0.446. The standard InChI is InChI=1S/C12H16N6O3/c1-3-4-18-6-13-11(17-18)15-9(19)5-8-7(2)14-12(21)16-10(8)20/h6H,3-5H2,1-2H3,(H,15,17,19)(H2,14,16,20,21). The summed E-state index contributed by atoms with van der Waals surface area (Å²) < 4.78 is 1.62. The first-order chi connectivity index (χ1) is 9.99. The van der Waals surface area contributed by atoms with Crippen molar-refractivity contribution < 1.29 is 4.79 Å². The summed E-state index contributed by atoms with van der Waals surface area (Å²) >= 11 is 0. The number of hydrogen-bond acceptors (Lipinski definition) is 5. The van der Waals surface area contributed by atoms with E-state index in [0.717, 1.165) is 6.42 Å². The number of aryl methyl sites for hydroxylation is 2. The fraction of sp³-hybridized carbons (Fsp3) is 0.417. The Kier molecular flexibility index (Phi) is 4.31. The molecule has 0 saturated carbocycles. The van der Waals surface area contributed by atoms with Crippen LogP contribution in [-0.2, 0) is 17.8 Å². The van der Waals surface area contributed by atoms with E-state index in [0.29, 0.717) is 12.2 Å². The van der Waals surface area contributed by atoms with Gasteiger partial charge < -0.3 is 4.98 Å². The molecule has 0 aliphatic carbocycles. The van der Waals surface area contributed by atoms with E-state index in [1.165, 1.54) is 6.33 Å². The van der Waals surface area contributed by atoms with Crippen LogP contribution in [0.25, 0.3) is 0 Å². The number of H-pyrrole nitrogens is 2. The van der Waals surface area contributed by atoms with Crippen molar-refractivity contribution in [1.82, 2.24) is 24.7 Å². The first kappa shape index (κ1) is 14.7. The SMILES string of the molecule is CCCn1cnc(NC(=O)Cc2c(C)[nH]c(=O)[nH]c2=O)n1. The van der Waals surface area contributed by atoms with E-state index in [-0.39, 0.29) is 17.9 Å². The predicted molar refractivity (Wildman–Crippen MR) is 75.1 cm³/mol. The van der Waals surface area contributed by atoms with Crippen molar-refractivity contribution >= 4 is 11.9 Å². The van der Waals surface area contributed by atoms with E-state index in [1.54, 1.807) is 11.6 Å². The molecule has 0 fully saturated rings. The van der Waals surface area contributed by atoms with Crippen molar-refractivity contribution in [1.29, 1.82) is 0 Å². The highest BCUT2D eigenvalue weighted by molar-refractivity contribution is 5.90. The van der Waals surface area contributed by atoms with Crippen LogP contribution in [-0.4, -0.2) is 30.6 Å². The van der Waals surface area contributed by atoms with Gasteiger partial charge in [0.05, 0.1) is 6.42 Å². The van der Waals surface area contributed by atoms with Gasteiger partial charge in [-0.15, -0.1) is 5.10 Å². The average Bonchev–Trinajstić information content (AvgIpc) is 2.81. The summed E-state index contributed by atoms with van der Waals surface area (Å²) in [6.07, 6.45) is 2.26. The first-order valence-electron chi connectivity index (χ1n) is 6.51. The van der Waals surface area contributed by atoms with Crippen LogP contribution >= 0.6 is 0 Å². The van der Waals surface area contributed by atoms with Crippen LogP contribution in [0.1, 0.15) is 24.6 Å². The zero-order valence-corrected chi connectivity index (χ0v) is 11.8. The Morgan fingerprint density at radius 1 is 1.38 bits per heavy atom. The van der Waals surface area contributed by atoms with E-state index >= 15 is 0 Å². The molecule has 0 radical (unpaired) electrons. The molecule has 3 N–H and O–H groups in total. The second kappa shape index (κ2) is 6.16. The molecule has 2 rings (SSSR count). The molecule has 0 unspecified atom stereocenters. The average molecular weight is 292 g/mol. The Hall–Kier alpha value is -2.71. The van der Waals surface area contributed by atoms with Crippen LogP contribution in [0.3, 0.4) is 0 Å². The molecule has 1 amide bonds. The zero-order valence-electron chi connectivity index (χ0n) is 11.8. The number of carbonyl (C=O) groups is 1. The highest BCUT2D eigenvalue weighted by Crippen LogP contribution is 2.01. The van der Waals surface area contributed by atoms with Gasteiger partial charge in [0.15, 0.2) is 0 Å². The number of aromatic amines is 2. The van der Waals surface area contributed by atoms with Gasteiger partial charge >= 0.3 is 5.69 Å². The van der Waals surface area contributed by atoms with Crippen LogP contribution in [0, 0.1) is 6.92 Å². The minimum Gasteiger partial charge on any atom is -0.311 e. The molecule has 0 bridgehead atoms. The van der Waals surface area contributed by atoms with Gasteiger partial charge in [0.2, 0.25) is 11.9 Å². The van der Waals surface area contributed by atoms with E-state index in [2.05, 4.69) is 25.4 Å². The maximum Gasteiger partial charge on any atom is 0.325 e. The quantitative estimate of drug-likeness (QED) is 0.688. The molecule has 0 saturated heterocycles. The van der Waals surface area contributed by atoms with Gasteiger partial charge in [0.25, 0.3) is 5.56 Å². The normalized spacial score (nSPS) is 10.6. The number of amides is 1. The molecule has 9 nitrogen and oxygen atoms in total. The Balaban J connectivity index is 2.08. The van der Waals surface area contributed by atoms with Crippen molar-refractivity contribution in [3.63, 3.8) is 0 Å². The lowest BCUT2D eigenvalue weighted by Crippen LogP contribution is -2.29. The minimum absolute atomic E-state index is 0.166. The highest BCUT2D eigenvalue weighted by Gasteiger charge is 2.13. The lowest BCUT2D eigenvalue weighted by Gasteiger charge is -2.03. The second-order valence-electron chi connectivity index (χ2n) is 4.57. The summed E-state index contributed by atoms with van der Waals surface area (Å²) in [4.78, 5) is 43.1. The van der Waals surface area contributed by atoms with Gasteiger partial charge in [-0.2, -0.15) is 0 Å². The minimum atomic E-state index is -0.596. The molecule has 112 valence electrons. The summed E-state index contributed by atoms with van der Waals surface area (Å²) in [6.45, 7) is 4.28. The van der Waals surface area contributed by atoms with Crippen LogP contribution in [0.15, 0.2) is 15.9 Å². The topological polar surface area (TPSA) is 126 Å². The maximum absolute atomic E-state index is 11.9. The van der Waals surface area contributed by atoms with Crippen LogP contribution in [0.4, 0.5) is 5.95 Å². The van der Waals surface area contributed by atoms with Crippen molar-refractivity contribution in [3.05, 3.63) is 38.4 Å². The smallest absolute Gasteiger partial charge is 0.311 e. The third kappa shape index (κ3) is 3.65. The number of nitrogens with one attached hydrogen (secondary N) is 3. The zero-order chi connectivity index (χ0) is 15.4. The van der Waals surface area contributed by atoms with E-state index in [9.17, 15) is 14.4 Å².